The number of benzene rings is 1. The molecule has 0 spiro atoms. The number of hydrogen-bond donors (Lipinski definition) is 1. The van der Waals surface area contributed by atoms with Crippen LogP contribution in [0.1, 0.15) is 5.82 Å². The Morgan fingerprint density at radius 2 is 1.90 bits per heavy atom. The molecule has 1 aromatic carbocycles. The number of imidazole rings is 1. The average Bonchev–Trinajstić information content (AvgIpc) is 2.98. The lowest BCUT2D eigenvalue weighted by Crippen LogP contribution is -1.84. The van der Waals surface area contributed by atoms with Crippen molar-refractivity contribution >= 4 is 22.1 Å². The number of nitrogens with one attached hydrogen (secondary N) is 1. The second-order valence-corrected chi connectivity index (χ2v) is 5.06. The highest BCUT2D eigenvalue weighted by atomic mass is 15.0. The summed E-state index contributed by atoms with van der Waals surface area (Å²) in [6.07, 6.45) is 2.12. The van der Waals surface area contributed by atoms with E-state index in [0.29, 0.717) is 0 Å². The Hall–Kier alpha value is -2.62. The lowest BCUT2D eigenvalue weighted by molar-refractivity contribution is 0.969. The van der Waals surface area contributed by atoms with Crippen LogP contribution in [0.15, 0.2) is 42.6 Å². The summed E-state index contributed by atoms with van der Waals surface area (Å²) in [5.41, 5.74) is 5.06. The van der Waals surface area contributed by atoms with Gasteiger partial charge in [-0.05, 0) is 25.1 Å². The van der Waals surface area contributed by atoms with E-state index in [0.717, 1.165) is 28.2 Å². The molecule has 4 nitrogen and oxygen atoms in total. The third kappa shape index (κ3) is 1.54. The van der Waals surface area contributed by atoms with Gasteiger partial charge in [-0.25, -0.2) is 9.97 Å². The predicted molar refractivity (Wildman–Crippen MR) is 80.5 cm³/mol. The first kappa shape index (κ1) is 11.2. The van der Waals surface area contributed by atoms with Gasteiger partial charge in [0.05, 0.1) is 11.2 Å². The molecule has 98 valence electrons. The topological polar surface area (TPSA) is 46.5 Å². The van der Waals surface area contributed by atoms with E-state index in [9.17, 15) is 0 Å². The summed E-state index contributed by atoms with van der Waals surface area (Å²) in [7, 11) is 2.06. The van der Waals surface area contributed by atoms with Gasteiger partial charge in [0.1, 0.15) is 5.82 Å². The van der Waals surface area contributed by atoms with Crippen LogP contribution in [0.5, 0.6) is 0 Å². The summed E-state index contributed by atoms with van der Waals surface area (Å²) in [5.74, 6) is 0.891. The fourth-order valence-corrected chi connectivity index (χ4v) is 2.71. The molecule has 3 heterocycles. The largest absolute Gasteiger partial charge is 0.350 e. The van der Waals surface area contributed by atoms with Crippen LogP contribution in [0.2, 0.25) is 0 Å². The number of para-hydroxylation sites is 1. The molecule has 0 aliphatic carbocycles. The third-order valence-corrected chi connectivity index (χ3v) is 3.64. The van der Waals surface area contributed by atoms with Gasteiger partial charge in [0, 0.05) is 29.7 Å². The van der Waals surface area contributed by atoms with Crippen LogP contribution in [0.25, 0.3) is 33.3 Å². The van der Waals surface area contributed by atoms with Gasteiger partial charge in [-0.3, -0.25) is 0 Å². The molecular weight excluding hydrogens is 248 g/mol. The first-order valence-corrected chi connectivity index (χ1v) is 6.60. The Bertz CT molecular complexity index is 930. The molecule has 1 N–H and O–H groups in total. The number of aromatic amines is 1. The van der Waals surface area contributed by atoms with Crippen LogP contribution in [-0.4, -0.2) is 19.5 Å². The molecule has 0 aliphatic rings. The average molecular weight is 262 g/mol. The van der Waals surface area contributed by atoms with Gasteiger partial charge < -0.3 is 9.55 Å². The van der Waals surface area contributed by atoms with Crippen molar-refractivity contribution in [1.29, 1.82) is 0 Å². The quantitative estimate of drug-likeness (QED) is 0.571. The molecule has 0 bridgehead atoms. The minimum absolute atomic E-state index is 0.771. The lowest BCUT2D eigenvalue weighted by Gasteiger charge is -1.98. The van der Waals surface area contributed by atoms with E-state index in [4.69, 9.17) is 0 Å². The van der Waals surface area contributed by atoms with Gasteiger partial charge in [-0.1, -0.05) is 18.2 Å². The molecule has 3 aromatic heterocycles. The first-order chi connectivity index (χ1) is 9.72. The zero-order chi connectivity index (χ0) is 13.7. The molecule has 0 saturated heterocycles. The van der Waals surface area contributed by atoms with E-state index in [1.807, 2.05) is 19.1 Å². The second kappa shape index (κ2) is 3.93. The predicted octanol–water partition coefficient (Wildman–Crippen LogP) is 3.43. The van der Waals surface area contributed by atoms with Gasteiger partial charge in [0.15, 0.2) is 5.65 Å². The molecule has 4 heteroatoms. The molecule has 0 unspecified atom stereocenters. The minimum Gasteiger partial charge on any atom is -0.350 e. The monoisotopic (exact) mass is 262 g/mol. The molecule has 0 fully saturated rings. The molecule has 0 radical (unpaired) electrons. The second-order valence-electron chi connectivity index (χ2n) is 5.06. The molecule has 20 heavy (non-hydrogen) atoms. The first-order valence-electron chi connectivity index (χ1n) is 6.60. The maximum Gasteiger partial charge on any atom is 0.178 e. The Labute approximate surface area is 116 Å². The van der Waals surface area contributed by atoms with Crippen molar-refractivity contribution in [2.24, 2.45) is 7.05 Å². The normalized spacial score (nSPS) is 11.5. The van der Waals surface area contributed by atoms with E-state index >= 15 is 0 Å². The fourth-order valence-electron chi connectivity index (χ4n) is 2.71. The SMILES string of the molecule is Cc1nc2nc(-c3cn(C)c4ccccc34)ccc2[nH]1. The molecule has 4 rings (SSSR count). The van der Waals surface area contributed by atoms with Gasteiger partial charge >= 0.3 is 0 Å². The number of aryl methyl sites for hydroxylation is 2. The van der Waals surface area contributed by atoms with Crippen molar-refractivity contribution in [2.45, 2.75) is 6.92 Å². The number of nitrogens with zero attached hydrogens (tertiary/aromatic N) is 3. The molecule has 0 amide bonds. The van der Waals surface area contributed by atoms with E-state index < -0.39 is 0 Å². The van der Waals surface area contributed by atoms with E-state index in [1.165, 1.54) is 10.9 Å². The van der Waals surface area contributed by atoms with Crippen molar-refractivity contribution in [3.63, 3.8) is 0 Å². The summed E-state index contributed by atoms with van der Waals surface area (Å²) in [6, 6.07) is 12.5. The third-order valence-electron chi connectivity index (χ3n) is 3.64. The smallest absolute Gasteiger partial charge is 0.178 e. The van der Waals surface area contributed by atoms with Crippen LogP contribution in [0.4, 0.5) is 0 Å². The fraction of sp³-hybridized carbons (Fsp3) is 0.125. The molecule has 0 saturated carbocycles. The highest BCUT2D eigenvalue weighted by molar-refractivity contribution is 5.95. The summed E-state index contributed by atoms with van der Waals surface area (Å²) in [4.78, 5) is 12.3. The number of rotatable bonds is 1. The van der Waals surface area contributed by atoms with Gasteiger partial charge in [0.2, 0.25) is 0 Å². The Morgan fingerprint density at radius 1 is 1.05 bits per heavy atom. The number of aromatic nitrogens is 4. The van der Waals surface area contributed by atoms with Crippen LogP contribution in [0.3, 0.4) is 0 Å². The summed E-state index contributed by atoms with van der Waals surface area (Å²) in [5, 5.41) is 1.22. The van der Waals surface area contributed by atoms with Gasteiger partial charge in [-0.15, -0.1) is 0 Å². The maximum atomic E-state index is 4.67. The van der Waals surface area contributed by atoms with E-state index in [-0.39, 0.29) is 0 Å². The highest BCUT2D eigenvalue weighted by Gasteiger charge is 2.10. The standard InChI is InChI=1S/C16H14N4/c1-10-17-14-8-7-13(19-16(14)18-10)12-9-20(2)15-6-4-3-5-11(12)15/h3-9H,1-2H3,(H,17,18,19). The number of hydrogen-bond acceptors (Lipinski definition) is 2. The lowest BCUT2D eigenvalue weighted by atomic mass is 10.1. The number of fused-ring (bicyclic) bond motifs is 2. The Kier molecular flexibility index (Phi) is 2.21. The number of H-pyrrole nitrogens is 1. The van der Waals surface area contributed by atoms with Gasteiger partial charge in [-0.2, -0.15) is 0 Å². The van der Waals surface area contributed by atoms with Crippen molar-refractivity contribution < 1.29 is 0 Å². The Balaban J connectivity index is 2.00. The molecule has 0 atom stereocenters. The highest BCUT2D eigenvalue weighted by Crippen LogP contribution is 2.29. The number of pyridine rings is 1. The van der Waals surface area contributed by atoms with Crippen molar-refractivity contribution in [1.82, 2.24) is 19.5 Å². The maximum absolute atomic E-state index is 4.67. The summed E-state index contributed by atoms with van der Waals surface area (Å²) >= 11 is 0. The minimum atomic E-state index is 0.771. The van der Waals surface area contributed by atoms with E-state index in [1.54, 1.807) is 0 Å². The van der Waals surface area contributed by atoms with Crippen LogP contribution in [0, 0.1) is 6.92 Å². The Morgan fingerprint density at radius 3 is 2.80 bits per heavy atom. The zero-order valence-corrected chi connectivity index (χ0v) is 11.4. The summed E-state index contributed by atoms with van der Waals surface area (Å²) in [6.45, 7) is 1.94. The van der Waals surface area contributed by atoms with Gasteiger partial charge in [0.25, 0.3) is 0 Å². The zero-order valence-electron chi connectivity index (χ0n) is 11.4. The van der Waals surface area contributed by atoms with Crippen molar-refractivity contribution in [3.05, 3.63) is 48.4 Å². The van der Waals surface area contributed by atoms with Crippen LogP contribution < -0.4 is 0 Å². The molecular formula is C16H14N4. The van der Waals surface area contributed by atoms with Crippen molar-refractivity contribution in [2.75, 3.05) is 0 Å². The summed E-state index contributed by atoms with van der Waals surface area (Å²) < 4.78 is 2.13. The van der Waals surface area contributed by atoms with Crippen LogP contribution in [-0.2, 0) is 7.05 Å². The van der Waals surface area contributed by atoms with E-state index in [2.05, 4.69) is 57.0 Å². The van der Waals surface area contributed by atoms with Crippen molar-refractivity contribution in [3.8, 4) is 11.3 Å². The van der Waals surface area contributed by atoms with Crippen LogP contribution >= 0.6 is 0 Å². The molecule has 4 aromatic rings. The molecule has 0 aliphatic heterocycles.